The molecule has 2 rings (SSSR count). The molecule has 0 saturated heterocycles. The van der Waals surface area contributed by atoms with Gasteiger partial charge in [-0.2, -0.15) is 5.10 Å². The number of nitrogens with one attached hydrogen (secondary N) is 1. The molecule has 170 valence electrons. The maximum atomic E-state index is 12.1. The predicted molar refractivity (Wildman–Crippen MR) is 120 cm³/mol. The van der Waals surface area contributed by atoms with E-state index in [2.05, 4.69) is 26.5 Å². The van der Waals surface area contributed by atoms with Crippen LogP contribution in [0.2, 0.25) is 0 Å². The molecule has 0 aliphatic heterocycles. The van der Waals surface area contributed by atoms with Gasteiger partial charge < -0.3 is 14.2 Å². The lowest BCUT2D eigenvalue weighted by Gasteiger charge is -2.13. The van der Waals surface area contributed by atoms with Gasteiger partial charge in [0.05, 0.1) is 30.8 Å². The maximum absolute atomic E-state index is 12.1. The molecule has 0 bridgehead atoms. The van der Waals surface area contributed by atoms with Gasteiger partial charge in [0, 0.05) is 21.7 Å². The van der Waals surface area contributed by atoms with Crippen LogP contribution >= 0.6 is 15.9 Å². The van der Waals surface area contributed by atoms with E-state index in [4.69, 9.17) is 14.2 Å². The first-order valence-electron chi connectivity index (χ1n) is 9.64. The summed E-state index contributed by atoms with van der Waals surface area (Å²) in [6.07, 6.45) is 1.19. The number of para-hydroxylation sites is 1. The highest BCUT2D eigenvalue weighted by atomic mass is 79.9. The monoisotopic (exact) mass is 507 g/mol. The smallest absolute Gasteiger partial charge is 0.344 e. The van der Waals surface area contributed by atoms with Crippen LogP contribution in [0, 0.1) is 10.1 Å². The average molecular weight is 508 g/mol. The molecule has 1 amide bonds. The number of hydrogen-bond donors (Lipinski definition) is 1. The van der Waals surface area contributed by atoms with E-state index in [-0.39, 0.29) is 30.9 Å². The molecule has 0 unspecified atom stereocenters. The van der Waals surface area contributed by atoms with Crippen LogP contribution in [0.3, 0.4) is 0 Å². The van der Waals surface area contributed by atoms with Crippen LogP contribution in [0.15, 0.2) is 46.0 Å². The summed E-state index contributed by atoms with van der Waals surface area (Å²) in [5.74, 6) is -0.291. The molecule has 0 spiro atoms. The fourth-order valence-electron chi connectivity index (χ4n) is 2.59. The average Bonchev–Trinajstić information content (AvgIpc) is 2.75. The summed E-state index contributed by atoms with van der Waals surface area (Å²) >= 11 is 3.39. The molecular weight excluding hydrogens is 486 g/mol. The van der Waals surface area contributed by atoms with Crippen LogP contribution in [0.1, 0.15) is 25.0 Å². The molecule has 0 aromatic heterocycles. The standard InChI is InChI=1S/C21H22BrN3O7/c1-3-30-18-9-15(16(22)11-19(18)32-13-21(27)31-4-2)12-23-24-20(26)10-14-7-5-6-8-17(14)25(28)29/h5-9,11-12H,3-4,10,13H2,1-2H3,(H,24,26)/b23-12+. The van der Waals surface area contributed by atoms with Crippen molar-refractivity contribution in [2.24, 2.45) is 5.10 Å². The van der Waals surface area contributed by atoms with Gasteiger partial charge in [0.15, 0.2) is 18.1 Å². The lowest BCUT2D eigenvalue weighted by atomic mass is 10.1. The van der Waals surface area contributed by atoms with Crippen molar-refractivity contribution in [1.82, 2.24) is 5.43 Å². The Hall–Kier alpha value is -3.47. The van der Waals surface area contributed by atoms with E-state index in [1.807, 2.05) is 0 Å². The van der Waals surface area contributed by atoms with E-state index >= 15 is 0 Å². The van der Waals surface area contributed by atoms with E-state index in [1.54, 1.807) is 32.0 Å². The molecule has 0 saturated carbocycles. The van der Waals surface area contributed by atoms with Crippen molar-refractivity contribution in [3.8, 4) is 11.5 Å². The van der Waals surface area contributed by atoms with E-state index in [9.17, 15) is 19.7 Å². The van der Waals surface area contributed by atoms with Crippen molar-refractivity contribution in [3.63, 3.8) is 0 Å². The van der Waals surface area contributed by atoms with Gasteiger partial charge in [0.2, 0.25) is 5.91 Å². The van der Waals surface area contributed by atoms with E-state index in [0.717, 1.165) is 0 Å². The number of ether oxygens (including phenoxy) is 3. The van der Waals surface area contributed by atoms with E-state index in [1.165, 1.54) is 24.4 Å². The number of nitro groups is 1. The highest BCUT2D eigenvalue weighted by Gasteiger charge is 2.15. The van der Waals surface area contributed by atoms with Gasteiger partial charge >= 0.3 is 5.97 Å². The Morgan fingerprint density at radius 3 is 2.56 bits per heavy atom. The molecule has 2 aromatic carbocycles. The third kappa shape index (κ3) is 7.34. The highest BCUT2D eigenvalue weighted by Crippen LogP contribution is 2.33. The lowest BCUT2D eigenvalue weighted by Crippen LogP contribution is -2.20. The Labute approximate surface area is 192 Å². The van der Waals surface area contributed by atoms with Crippen molar-refractivity contribution in [1.29, 1.82) is 0 Å². The molecule has 0 radical (unpaired) electrons. The van der Waals surface area contributed by atoms with Gasteiger partial charge in [-0.1, -0.05) is 18.2 Å². The summed E-state index contributed by atoms with van der Waals surface area (Å²) in [5, 5.41) is 15.0. The number of hydrogen-bond acceptors (Lipinski definition) is 8. The Bertz CT molecular complexity index is 1010. The molecule has 11 heteroatoms. The second-order valence-electron chi connectivity index (χ2n) is 6.20. The van der Waals surface area contributed by atoms with Crippen LogP contribution in [0.25, 0.3) is 0 Å². The summed E-state index contributed by atoms with van der Waals surface area (Å²) in [5.41, 5.74) is 3.07. The summed E-state index contributed by atoms with van der Waals surface area (Å²) in [7, 11) is 0. The fraction of sp³-hybridized carbons (Fsp3) is 0.286. The molecule has 0 heterocycles. The molecule has 0 aliphatic rings. The Morgan fingerprint density at radius 2 is 1.88 bits per heavy atom. The first-order valence-corrected chi connectivity index (χ1v) is 10.4. The van der Waals surface area contributed by atoms with Gasteiger partial charge in [0.25, 0.3) is 5.69 Å². The number of carbonyl (C=O) groups is 2. The Kier molecular flexibility index (Phi) is 9.61. The van der Waals surface area contributed by atoms with Crippen molar-refractivity contribution < 1.29 is 28.7 Å². The second-order valence-corrected chi connectivity index (χ2v) is 7.06. The zero-order valence-electron chi connectivity index (χ0n) is 17.5. The molecule has 1 N–H and O–H groups in total. The second kappa shape index (κ2) is 12.4. The van der Waals surface area contributed by atoms with Crippen molar-refractivity contribution in [2.75, 3.05) is 19.8 Å². The molecule has 0 atom stereocenters. The van der Waals surface area contributed by atoms with Crippen LogP contribution < -0.4 is 14.9 Å². The number of carbonyl (C=O) groups excluding carboxylic acids is 2. The SMILES string of the molecule is CCOC(=O)COc1cc(Br)c(/C=N/NC(=O)Cc2ccccc2[N+](=O)[O-])cc1OCC. The van der Waals surface area contributed by atoms with Crippen LogP contribution in [-0.2, 0) is 20.7 Å². The summed E-state index contributed by atoms with van der Waals surface area (Å²) in [6.45, 7) is 3.85. The zero-order valence-corrected chi connectivity index (χ0v) is 19.1. The number of halogens is 1. The quantitative estimate of drug-likeness (QED) is 0.213. The topological polar surface area (TPSA) is 129 Å². The van der Waals surface area contributed by atoms with E-state index < -0.39 is 16.8 Å². The minimum Gasteiger partial charge on any atom is -0.490 e. The summed E-state index contributed by atoms with van der Waals surface area (Å²) in [4.78, 5) is 34.2. The van der Waals surface area contributed by atoms with Gasteiger partial charge in [-0.25, -0.2) is 10.2 Å². The highest BCUT2D eigenvalue weighted by molar-refractivity contribution is 9.10. The number of rotatable bonds is 11. The van der Waals surface area contributed by atoms with Crippen molar-refractivity contribution in [3.05, 3.63) is 62.1 Å². The number of benzene rings is 2. The number of amides is 1. The summed E-state index contributed by atoms with van der Waals surface area (Å²) < 4.78 is 16.5. The largest absolute Gasteiger partial charge is 0.490 e. The molecule has 32 heavy (non-hydrogen) atoms. The molecule has 0 fully saturated rings. The van der Waals surface area contributed by atoms with Gasteiger partial charge in [-0.3, -0.25) is 14.9 Å². The first kappa shape index (κ1) is 24.8. The van der Waals surface area contributed by atoms with Gasteiger partial charge in [0.1, 0.15) is 0 Å². The maximum Gasteiger partial charge on any atom is 0.344 e. The Balaban J connectivity index is 2.08. The lowest BCUT2D eigenvalue weighted by molar-refractivity contribution is -0.385. The summed E-state index contributed by atoms with van der Waals surface area (Å²) in [6, 6.07) is 9.25. The molecule has 2 aromatic rings. The number of esters is 1. The van der Waals surface area contributed by atoms with Crippen molar-refractivity contribution >= 4 is 39.7 Å². The van der Waals surface area contributed by atoms with E-state index in [0.29, 0.717) is 28.1 Å². The Morgan fingerprint density at radius 1 is 1.16 bits per heavy atom. The number of nitro benzene ring substituents is 1. The third-order valence-corrected chi connectivity index (χ3v) is 4.63. The minimum absolute atomic E-state index is 0.130. The van der Waals surface area contributed by atoms with Crippen molar-refractivity contribution in [2.45, 2.75) is 20.3 Å². The molecule has 0 aliphatic carbocycles. The van der Waals surface area contributed by atoms with Gasteiger partial charge in [-0.15, -0.1) is 0 Å². The number of nitrogens with zero attached hydrogens (tertiary/aromatic N) is 2. The minimum atomic E-state index is -0.538. The molecule has 10 nitrogen and oxygen atoms in total. The normalized spacial score (nSPS) is 10.6. The predicted octanol–water partition coefficient (Wildman–Crippen LogP) is 3.39. The fourth-order valence-corrected chi connectivity index (χ4v) is 3.02. The van der Waals surface area contributed by atoms with Crippen LogP contribution in [0.5, 0.6) is 11.5 Å². The van der Waals surface area contributed by atoms with Crippen LogP contribution in [-0.4, -0.2) is 42.8 Å². The first-order chi connectivity index (χ1) is 15.3. The zero-order chi connectivity index (χ0) is 23.5. The molecular formula is C21H22BrN3O7. The third-order valence-electron chi connectivity index (χ3n) is 3.95. The number of hydrazone groups is 1. The van der Waals surface area contributed by atoms with Gasteiger partial charge in [-0.05, 0) is 41.9 Å². The van der Waals surface area contributed by atoms with Crippen LogP contribution in [0.4, 0.5) is 5.69 Å².